The molecule has 3 N–H and O–H groups in total. The van der Waals surface area contributed by atoms with Gasteiger partial charge in [-0.2, -0.15) is 5.10 Å². The Labute approximate surface area is 193 Å². The first-order valence-corrected chi connectivity index (χ1v) is 10.4. The van der Waals surface area contributed by atoms with E-state index in [-0.39, 0.29) is 25.4 Å². The number of hydrogen-bond acceptors (Lipinski definition) is 7. The third-order valence-corrected chi connectivity index (χ3v) is 4.79. The lowest BCUT2D eigenvalue weighted by molar-refractivity contribution is -0.115. The molecular weight excluding hydrogens is 446 g/mol. The van der Waals surface area contributed by atoms with Crippen molar-refractivity contribution in [3.8, 4) is 11.5 Å². The summed E-state index contributed by atoms with van der Waals surface area (Å²) in [6, 6.07) is 10.8. The normalized spacial score (nSPS) is 10.8. The van der Waals surface area contributed by atoms with Crippen LogP contribution in [0.2, 0.25) is 0 Å². The summed E-state index contributed by atoms with van der Waals surface area (Å²) in [4.78, 5) is 20.8. The van der Waals surface area contributed by atoms with Gasteiger partial charge in [-0.3, -0.25) is 14.3 Å². The average Bonchev–Trinajstić information content (AvgIpc) is 3.25. The average molecular weight is 468 g/mol. The van der Waals surface area contributed by atoms with Crippen molar-refractivity contribution in [2.75, 3.05) is 31.0 Å². The Bertz CT molecular complexity index is 1300. The third-order valence-electron chi connectivity index (χ3n) is 4.79. The quantitative estimate of drug-likeness (QED) is 0.299. The minimum atomic E-state index is -0.468. The molecule has 2 heterocycles. The number of fused-ring (bicyclic) bond motifs is 1. The second-order valence-corrected chi connectivity index (χ2v) is 7.27. The summed E-state index contributed by atoms with van der Waals surface area (Å²) >= 11 is 0. The molecule has 176 valence electrons. The fourth-order valence-electron chi connectivity index (χ4n) is 3.25. The van der Waals surface area contributed by atoms with Crippen molar-refractivity contribution in [2.24, 2.45) is 0 Å². The predicted molar refractivity (Wildman–Crippen MR) is 123 cm³/mol. The van der Waals surface area contributed by atoms with Crippen LogP contribution in [0, 0.1) is 5.82 Å². The van der Waals surface area contributed by atoms with Crippen LogP contribution >= 0.6 is 0 Å². The van der Waals surface area contributed by atoms with E-state index in [1.165, 1.54) is 31.6 Å². The third kappa shape index (κ3) is 5.55. The molecule has 4 aromatic rings. The van der Waals surface area contributed by atoms with Crippen molar-refractivity contribution in [2.45, 2.75) is 12.8 Å². The van der Waals surface area contributed by atoms with E-state index < -0.39 is 12.5 Å². The molecule has 0 unspecified atom stereocenters. The number of H-pyrrole nitrogens is 1. The van der Waals surface area contributed by atoms with Crippen molar-refractivity contribution in [1.82, 2.24) is 20.2 Å². The van der Waals surface area contributed by atoms with Crippen LogP contribution in [0.15, 0.2) is 48.8 Å². The molecule has 0 saturated carbocycles. The minimum absolute atomic E-state index is 0.0170. The molecular formula is C23H22F2N6O3. The zero-order valence-corrected chi connectivity index (χ0v) is 18.3. The SMILES string of the molecule is COc1cc2c(Nc3cc(CC(=O)Nc4cccc(F)c4)[nH]n3)ncnc2cc1OCCCF. The van der Waals surface area contributed by atoms with E-state index in [1.807, 2.05) is 0 Å². The molecule has 0 saturated heterocycles. The lowest BCUT2D eigenvalue weighted by Crippen LogP contribution is -2.14. The Morgan fingerprint density at radius 2 is 2.03 bits per heavy atom. The molecule has 1 amide bonds. The molecule has 0 spiro atoms. The highest BCUT2D eigenvalue weighted by Crippen LogP contribution is 2.34. The molecule has 0 atom stereocenters. The molecule has 2 aromatic heterocycles. The maximum absolute atomic E-state index is 13.3. The Balaban J connectivity index is 1.48. The standard InChI is InChI=1S/C23H22F2N6O3/c1-33-19-11-17-18(12-20(19)34-7-3-6-24)26-13-27-23(17)29-21-9-16(30-31-21)10-22(32)28-15-5-2-4-14(25)8-15/h2,4-5,8-9,11-13H,3,6-7,10H2,1H3,(H,28,32)(H2,26,27,29,30,31). The molecule has 0 bridgehead atoms. The van der Waals surface area contributed by atoms with Gasteiger partial charge in [0.1, 0.15) is 18.0 Å². The van der Waals surface area contributed by atoms with E-state index in [0.717, 1.165) is 0 Å². The van der Waals surface area contributed by atoms with Crippen LogP contribution in [0.3, 0.4) is 0 Å². The summed E-state index contributed by atoms with van der Waals surface area (Å²) in [5.74, 6) is 1.08. The second kappa shape index (κ2) is 10.6. The van der Waals surface area contributed by atoms with Gasteiger partial charge in [-0.25, -0.2) is 14.4 Å². The molecule has 0 radical (unpaired) electrons. The number of nitrogens with one attached hydrogen (secondary N) is 3. The molecule has 0 aliphatic rings. The van der Waals surface area contributed by atoms with Crippen molar-refractivity contribution >= 4 is 34.1 Å². The highest BCUT2D eigenvalue weighted by atomic mass is 19.1. The summed E-state index contributed by atoms with van der Waals surface area (Å²) in [6.45, 7) is -0.248. The Morgan fingerprint density at radius 1 is 1.15 bits per heavy atom. The summed E-state index contributed by atoms with van der Waals surface area (Å²) in [6.07, 6.45) is 1.69. The van der Waals surface area contributed by atoms with Crippen LogP contribution in [0.5, 0.6) is 11.5 Å². The van der Waals surface area contributed by atoms with E-state index in [0.29, 0.717) is 45.4 Å². The number of rotatable bonds is 10. The molecule has 34 heavy (non-hydrogen) atoms. The van der Waals surface area contributed by atoms with Crippen LogP contribution in [0.1, 0.15) is 12.1 Å². The number of alkyl halides is 1. The van der Waals surface area contributed by atoms with E-state index in [4.69, 9.17) is 9.47 Å². The lowest BCUT2D eigenvalue weighted by atomic mass is 10.2. The molecule has 9 nitrogen and oxygen atoms in total. The van der Waals surface area contributed by atoms with Gasteiger partial charge in [0.25, 0.3) is 0 Å². The van der Waals surface area contributed by atoms with Gasteiger partial charge in [-0.15, -0.1) is 0 Å². The zero-order valence-electron chi connectivity index (χ0n) is 18.3. The van der Waals surface area contributed by atoms with Crippen LogP contribution in [0.4, 0.5) is 26.1 Å². The number of halogens is 2. The highest BCUT2D eigenvalue weighted by Gasteiger charge is 2.14. The van der Waals surface area contributed by atoms with Gasteiger partial charge in [-0.1, -0.05) is 6.07 Å². The maximum atomic E-state index is 13.3. The summed E-state index contributed by atoms with van der Waals surface area (Å²) in [5.41, 5.74) is 1.52. The molecule has 11 heteroatoms. The van der Waals surface area contributed by atoms with Gasteiger partial charge < -0.3 is 20.1 Å². The maximum Gasteiger partial charge on any atom is 0.230 e. The Morgan fingerprint density at radius 3 is 2.82 bits per heavy atom. The van der Waals surface area contributed by atoms with Crippen molar-refractivity contribution in [3.63, 3.8) is 0 Å². The number of ether oxygens (including phenoxy) is 2. The fourth-order valence-corrected chi connectivity index (χ4v) is 3.25. The molecule has 0 aliphatic heterocycles. The van der Waals surface area contributed by atoms with Gasteiger partial charge in [0.2, 0.25) is 5.91 Å². The zero-order chi connectivity index (χ0) is 23.9. The Hall–Kier alpha value is -4.28. The van der Waals surface area contributed by atoms with Crippen molar-refractivity contribution in [3.05, 3.63) is 60.3 Å². The largest absolute Gasteiger partial charge is 0.493 e. The van der Waals surface area contributed by atoms with Crippen LogP contribution < -0.4 is 20.1 Å². The fraction of sp³-hybridized carbons (Fsp3) is 0.217. The van der Waals surface area contributed by atoms with Crippen molar-refractivity contribution in [1.29, 1.82) is 0 Å². The number of carbonyl (C=O) groups is 1. The van der Waals surface area contributed by atoms with E-state index in [9.17, 15) is 13.6 Å². The van der Waals surface area contributed by atoms with E-state index in [2.05, 4.69) is 30.8 Å². The van der Waals surface area contributed by atoms with Gasteiger partial charge in [-0.05, 0) is 24.3 Å². The monoisotopic (exact) mass is 468 g/mol. The number of aromatic amines is 1. The van der Waals surface area contributed by atoms with E-state index in [1.54, 1.807) is 24.3 Å². The topological polar surface area (TPSA) is 114 Å². The summed E-state index contributed by atoms with van der Waals surface area (Å²) in [5, 5.41) is 13.4. The number of benzene rings is 2. The van der Waals surface area contributed by atoms with Gasteiger partial charge in [0.15, 0.2) is 17.3 Å². The van der Waals surface area contributed by atoms with Gasteiger partial charge in [0.05, 0.1) is 32.3 Å². The van der Waals surface area contributed by atoms with Gasteiger partial charge >= 0.3 is 0 Å². The molecule has 4 rings (SSSR count). The number of nitrogens with zero attached hydrogens (tertiary/aromatic N) is 3. The molecule has 0 fully saturated rings. The summed E-state index contributed by atoms with van der Waals surface area (Å²) < 4.78 is 36.7. The predicted octanol–water partition coefficient (Wildman–Crippen LogP) is 4.16. The highest BCUT2D eigenvalue weighted by molar-refractivity contribution is 5.93. The minimum Gasteiger partial charge on any atom is -0.493 e. The number of aromatic nitrogens is 4. The Kier molecular flexibility index (Phi) is 7.11. The summed E-state index contributed by atoms with van der Waals surface area (Å²) in [7, 11) is 1.51. The number of anilines is 3. The van der Waals surface area contributed by atoms with E-state index >= 15 is 0 Å². The van der Waals surface area contributed by atoms with Crippen molar-refractivity contribution < 1.29 is 23.0 Å². The lowest BCUT2D eigenvalue weighted by Gasteiger charge is -2.13. The van der Waals surface area contributed by atoms with Crippen LogP contribution in [-0.4, -0.2) is 46.5 Å². The van der Waals surface area contributed by atoms with Crippen LogP contribution in [0.25, 0.3) is 10.9 Å². The molecule has 2 aromatic carbocycles. The molecule has 0 aliphatic carbocycles. The number of carbonyl (C=O) groups excluding carboxylic acids is 1. The number of hydrogen-bond donors (Lipinski definition) is 3. The van der Waals surface area contributed by atoms with Crippen LogP contribution in [-0.2, 0) is 11.2 Å². The smallest absolute Gasteiger partial charge is 0.230 e. The number of methoxy groups -OCH3 is 1. The second-order valence-electron chi connectivity index (χ2n) is 7.27. The first-order valence-electron chi connectivity index (χ1n) is 10.4. The first kappa shape index (κ1) is 22.9. The van der Waals surface area contributed by atoms with Gasteiger partial charge in [0, 0.05) is 35.3 Å². The number of amides is 1. The first-order chi connectivity index (χ1) is 16.6.